The van der Waals surface area contributed by atoms with Gasteiger partial charge < -0.3 is 19.9 Å². The van der Waals surface area contributed by atoms with E-state index in [0.717, 1.165) is 37.9 Å². The maximum Gasteiger partial charge on any atom is 0.191 e. The fraction of sp³-hybridized carbons (Fsp3) is 0.789. The Kier molecular flexibility index (Phi) is 11.9. The van der Waals surface area contributed by atoms with Crippen LogP contribution in [0.15, 0.2) is 17.4 Å². The molecule has 1 aromatic heterocycles. The Morgan fingerprint density at radius 3 is 2.77 bits per heavy atom. The smallest absolute Gasteiger partial charge is 0.191 e. The van der Waals surface area contributed by atoms with Crippen LogP contribution in [-0.4, -0.2) is 41.8 Å². The zero-order valence-corrected chi connectivity index (χ0v) is 18.9. The van der Waals surface area contributed by atoms with Gasteiger partial charge >= 0.3 is 0 Å². The molecule has 1 saturated carbocycles. The summed E-state index contributed by atoms with van der Waals surface area (Å²) in [5.41, 5.74) is 0. The molecule has 0 atom stereocenters. The van der Waals surface area contributed by atoms with E-state index in [9.17, 15) is 0 Å². The highest BCUT2D eigenvalue weighted by Crippen LogP contribution is 2.20. The third-order valence-corrected chi connectivity index (χ3v) is 4.52. The lowest BCUT2D eigenvalue weighted by Gasteiger charge is -2.22. The summed E-state index contributed by atoms with van der Waals surface area (Å²) < 4.78 is 8.15. The number of imidazole rings is 1. The number of nitrogens with one attached hydrogen (secondary N) is 2. The number of hydrogen-bond donors (Lipinski definition) is 2. The lowest BCUT2D eigenvalue weighted by Crippen LogP contribution is -2.38. The van der Waals surface area contributed by atoms with Gasteiger partial charge in [-0.2, -0.15) is 0 Å². The highest BCUT2D eigenvalue weighted by atomic mass is 127. The molecule has 0 aromatic carbocycles. The number of aliphatic imine (C=N–C) groups is 1. The molecule has 1 aliphatic carbocycles. The average Bonchev–Trinajstić information content (AvgIpc) is 3.04. The van der Waals surface area contributed by atoms with Crippen molar-refractivity contribution >= 4 is 29.9 Å². The molecule has 1 aliphatic rings. The second-order valence-corrected chi connectivity index (χ2v) is 7.23. The van der Waals surface area contributed by atoms with Crippen molar-refractivity contribution in [3.8, 4) is 0 Å². The minimum atomic E-state index is 0. The van der Waals surface area contributed by atoms with Crippen LogP contribution in [0.25, 0.3) is 0 Å². The Morgan fingerprint density at radius 2 is 2.08 bits per heavy atom. The van der Waals surface area contributed by atoms with Gasteiger partial charge in [0.2, 0.25) is 0 Å². The predicted octanol–water partition coefficient (Wildman–Crippen LogP) is 3.56. The third-order valence-electron chi connectivity index (χ3n) is 4.52. The molecule has 6 nitrogen and oxygen atoms in total. The van der Waals surface area contributed by atoms with Crippen LogP contribution >= 0.6 is 24.0 Å². The quantitative estimate of drug-likeness (QED) is 0.247. The number of hydrogen-bond acceptors (Lipinski definition) is 3. The second kappa shape index (κ2) is 13.4. The molecule has 2 rings (SSSR count). The number of rotatable bonds is 9. The van der Waals surface area contributed by atoms with Crippen molar-refractivity contribution in [2.45, 2.75) is 71.6 Å². The topological polar surface area (TPSA) is 63.5 Å². The van der Waals surface area contributed by atoms with Crippen LogP contribution in [0.3, 0.4) is 0 Å². The molecule has 1 fully saturated rings. The normalized spacial score (nSPS) is 15.8. The van der Waals surface area contributed by atoms with Crippen LogP contribution in [0.4, 0.5) is 0 Å². The first-order chi connectivity index (χ1) is 12.2. The monoisotopic (exact) mass is 477 g/mol. The van der Waals surface area contributed by atoms with E-state index < -0.39 is 0 Å². The fourth-order valence-corrected chi connectivity index (χ4v) is 3.21. The highest BCUT2D eigenvalue weighted by Gasteiger charge is 2.13. The molecule has 1 aromatic rings. The van der Waals surface area contributed by atoms with Crippen molar-refractivity contribution in [2.75, 3.05) is 20.2 Å². The average molecular weight is 477 g/mol. The minimum Gasteiger partial charge on any atom is -0.378 e. The van der Waals surface area contributed by atoms with E-state index in [2.05, 4.69) is 39.0 Å². The molecule has 26 heavy (non-hydrogen) atoms. The predicted molar refractivity (Wildman–Crippen MR) is 118 cm³/mol. The van der Waals surface area contributed by atoms with Crippen LogP contribution in [0.2, 0.25) is 0 Å². The molecule has 2 N–H and O–H groups in total. The summed E-state index contributed by atoms with van der Waals surface area (Å²) in [6.45, 7) is 7.79. The van der Waals surface area contributed by atoms with Crippen LogP contribution in [0, 0.1) is 5.92 Å². The van der Waals surface area contributed by atoms with Crippen molar-refractivity contribution < 1.29 is 4.74 Å². The molecular weight excluding hydrogens is 441 g/mol. The Hall–Kier alpha value is -0.830. The number of aromatic nitrogens is 2. The standard InChI is InChI=1S/C19H35N5O.HI/c1-16(2)15-24-12-11-21-18(24)14-23-19(20-3)22-10-7-13-25-17-8-5-4-6-9-17;/h11-12,16-17H,4-10,13-15H2,1-3H3,(H2,20,22,23);1H. The summed E-state index contributed by atoms with van der Waals surface area (Å²) in [6, 6.07) is 0. The fourth-order valence-electron chi connectivity index (χ4n) is 3.21. The Balaban J connectivity index is 0.00000338. The van der Waals surface area contributed by atoms with Crippen LogP contribution in [0.5, 0.6) is 0 Å². The van der Waals surface area contributed by atoms with Gasteiger partial charge in [0, 0.05) is 39.1 Å². The maximum absolute atomic E-state index is 5.96. The van der Waals surface area contributed by atoms with E-state index in [0.29, 0.717) is 18.6 Å². The first-order valence-electron chi connectivity index (χ1n) is 9.75. The largest absolute Gasteiger partial charge is 0.378 e. The van der Waals surface area contributed by atoms with Gasteiger partial charge in [-0.1, -0.05) is 33.1 Å². The zero-order chi connectivity index (χ0) is 17.9. The van der Waals surface area contributed by atoms with Crippen LogP contribution < -0.4 is 10.6 Å². The Bertz CT molecular complexity index is 512. The van der Waals surface area contributed by atoms with Crippen LogP contribution in [0.1, 0.15) is 58.2 Å². The van der Waals surface area contributed by atoms with E-state index in [1.165, 1.54) is 32.1 Å². The molecule has 0 radical (unpaired) electrons. The maximum atomic E-state index is 5.96. The molecule has 0 amide bonds. The lowest BCUT2D eigenvalue weighted by molar-refractivity contribution is 0.0277. The Morgan fingerprint density at radius 1 is 1.31 bits per heavy atom. The summed E-state index contributed by atoms with van der Waals surface area (Å²) >= 11 is 0. The van der Waals surface area contributed by atoms with E-state index >= 15 is 0 Å². The van der Waals surface area contributed by atoms with Gasteiger partial charge in [0.1, 0.15) is 5.82 Å². The van der Waals surface area contributed by atoms with Crippen molar-refractivity contribution in [1.29, 1.82) is 0 Å². The molecule has 0 bridgehead atoms. The van der Waals surface area contributed by atoms with Crippen molar-refractivity contribution in [3.05, 3.63) is 18.2 Å². The van der Waals surface area contributed by atoms with E-state index in [4.69, 9.17) is 4.74 Å². The SMILES string of the molecule is CN=C(NCCCOC1CCCCC1)NCc1nccn1CC(C)C.I. The molecule has 0 saturated heterocycles. The van der Waals surface area contributed by atoms with Gasteiger partial charge in [-0.15, -0.1) is 24.0 Å². The molecule has 0 unspecified atom stereocenters. The number of guanidine groups is 1. The van der Waals surface area contributed by atoms with Gasteiger partial charge in [0.25, 0.3) is 0 Å². The number of ether oxygens (including phenoxy) is 1. The first kappa shape index (κ1) is 23.2. The summed E-state index contributed by atoms with van der Waals surface area (Å²) in [7, 11) is 1.80. The van der Waals surface area contributed by atoms with Gasteiger partial charge in [0.15, 0.2) is 5.96 Å². The van der Waals surface area contributed by atoms with Crippen molar-refractivity contribution in [1.82, 2.24) is 20.2 Å². The van der Waals surface area contributed by atoms with E-state index in [1.807, 2.05) is 12.4 Å². The Labute approximate surface area is 175 Å². The zero-order valence-electron chi connectivity index (χ0n) is 16.5. The molecule has 7 heteroatoms. The minimum absolute atomic E-state index is 0. The number of nitrogens with zero attached hydrogens (tertiary/aromatic N) is 3. The molecule has 0 aliphatic heterocycles. The van der Waals surface area contributed by atoms with Gasteiger partial charge in [-0.05, 0) is 25.2 Å². The van der Waals surface area contributed by atoms with Crippen LogP contribution in [-0.2, 0) is 17.8 Å². The molecular formula is C19H36IN5O. The van der Waals surface area contributed by atoms with Gasteiger partial charge in [-0.25, -0.2) is 4.98 Å². The molecule has 0 spiro atoms. The van der Waals surface area contributed by atoms with Crippen molar-refractivity contribution in [2.24, 2.45) is 10.9 Å². The second-order valence-electron chi connectivity index (χ2n) is 7.23. The highest BCUT2D eigenvalue weighted by molar-refractivity contribution is 14.0. The van der Waals surface area contributed by atoms with Gasteiger partial charge in [0.05, 0.1) is 12.6 Å². The van der Waals surface area contributed by atoms with E-state index in [1.54, 1.807) is 7.05 Å². The first-order valence-corrected chi connectivity index (χ1v) is 9.75. The lowest BCUT2D eigenvalue weighted by atomic mass is 9.98. The van der Waals surface area contributed by atoms with Gasteiger partial charge in [-0.3, -0.25) is 4.99 Å². The molecule has 150 valence electrons. The summed E-state index contributed by atoms with van der Waals surface area (Å²) in [5.74, 6) is 2.46. The summed E-state index contributed by atoms with van der Waals surface area (Å²) in [5, 5.41) is 6.69. The number of halogens is 1. The third kappa shape index (κ3) is 8.70. The van der Waals surface area contributed by atoms with E-state index in [-0.39, 0.29) is 24.0 Å². The summed E-state index contributed by atoms with van der Waals surface area (Å²) in [4.78, 5) is 8.72. The summed E-state index contributed by atoms with van der Waals surface area (Å²) in [6.07, 6.45) is 11.9. The molecule has 1 heterocycles. The van der Waals surface area contributed by atoms with Crippen molar-refractivity contribution in [3.63, 3.8) is 0 Å².